The number of carbonyl (C=O) groups is 1. The molecule has 5 heteroatoms. The molecule has 0 atom stereocenters. The number of nitrogens with zero attached hydrogens (tertiary/aromatic N) is 1. The second-order valence-corrected chi connectivity index (χ2v) is 7.10. The summed E-state index contributed by atoms with van der Waals surface area (Å²) in [5.74, 6) is -0.280. The van der Waals surface area contributed by atoms with Crippen LogP contribution in [0, 0.1) is 6.92 Å². The number of hydrogen-bond donors (Lipinski definition) is 1. The lowest BCUT2D eigenvalue weighted by Gasteiger charge is -2.26. The van der Waals surface area contributed by atoms with Crippen LogP contribution in [-0.2, 0) is 20.7 Å². The highest BCUT2D eigenvalue weighted by Crippen LogP contribution is 2.09. The highest BCUT2D eigenvalue weighted by atomic mass is 16.6. The number of piperazine rings is 1. The lowest BCUT2D eigenvalue weighted by atomic mass is 10.0. The zero-order chi connectivity index (χ0) is 20.7. The first-order valence-electron chi connectivity index (χ1n) is 10.4. The molecule has 0 amide bonds. The van der Waals surface area contributed by atoms with Crippen LogP contribution in [0.1, 0.15) is 23.6 Å². The van der Waals surface area contributed by atoms with Crippen molar-refractivity contribution in [2.24, 2.45) is 0 Å². The van der Waals surface area contributed by atoms with Crippen molar-refractivity contribution >= 4 is 5.97 Å². The normalized spacial score (nSPS) is 14.0. The fourth-order valence-corrected chi connectivity index (χ4v) is 3.02. The molecule has 158 valence electrons. The molecule has 29 heavy (non-hydrogen) atoms. The van der Waals surface area contributed by atoms with E-state index in [2.05, 4.69) is 71.7 Å². The number of hydrogen-bond acceptors (Lipinski definition) is 5. The minimum atomic E-state index is -0.280. The lowest BCUT2D eigenvalue weighted by molar-refractivity contribution is -0.148. The van der Waals surface area contributed by atoms with Gasteiger partial charge in [0.25, 0.3) is 0 Å². The van der Waals surface area contributed by atoms with E-state index >= 15 is 0 Å². The zero-order valence-corrected chi connectivity index (χ0v) is 17.7. The Bertz CT molecular complexity index is 683. The van der Waals surface area contributed by atoms with Gasteiger partial charge in [0.1, 0.15) is 6.61 Å². The van der Waals surface area contributed by atoms with Crippen molar-refractivity contribution in [3.8, 4) is 0 Å². The van der Waals surface area contributed by atoms with Gasteiger partial charge in [-0.1, -0.05) is 60.2 Å². The van der Waals surface area contributed by atoms with Crippen LogP contribution >= 0.6 is 0 Å². The molecule has 0 aliphatic carbocycles. The van der Waals surface area contributed by atoms with Gasteiger partial charge in [-0.25, -0.2) is 4.79 Å². The lowest BCUT2D eigenvalue weighted by Crippen LogP contribution is -2.44. The van der Waals surface area contributed by atoms with Gasteiger partial charge in [-0.3, -0.25) is 4.90 Å². The summed E-state index contributed by atoms with van der Waals surface area (Å²) in [5, 5.41) is 3.28. The number of ether oxygens (including phenoxy) is 2. The van der Waals surface area contributed by atoms with Crippen LogP contribution in [0.15, 0.2) is 54.6 Å². The highest BCUT2D eigenvalue weighted by Gasteiger charge is 2.09. The third-order valence-electron chi connectivity index (χ3n) is 4.66. The molecule has 1 N–H and O–H groups in total. The molecule has 2 aromatic rings. The van der Waals surface area contributed by atoms with Crippen molar-refractivity contribution in [1.82, 2.24) is 10.2 Å². The molecule has 1 heterocycles. The Kier molecular flexibility index (Phi) is 11.0. The second kappa shape index (κ2) is 13.9. The van der Waals surface area contributed by atoms with E-state index in [9.17, 15) is 4.79 Å². The highest BCUT2D eigenvalue weighted by molar-refractivity contribution is 5.70. The molecule has 1 saturated heterocycles. The summed E-state index contributed by atoms with van der Waals surface area (Å²) in [5.41, 5.74) is 4.07. The molecule has 5 nitrogen and oxygen atoms in total. The number of esters is 1. The molecule has 0 saturated carbocycles. The molecule has 0 spiro atoms. The Balaban J connectivity index is 0.000000207. The standard InChI is InChI=1S/C14H14.C10H20N2O3/c1-12-7-9-14(10-8-12)11-13-5-3-2-4-6-13;1-2-15-10(13)9-14-8-7-12-5-3-11-4-6-12/h2-10H,11H2,1H3;11H,2-9H2,1H3. The van der Waals surface area contributed by atoms with E-state index in [-0.39, 0.29) is 12.6 Å². The summed E-state index contributed by atoms with van der Waals surface area (Å²) in [6.07, 6.45) is 1.03. The maximum absolute atomic E-state index is 10.9. The fraction of sp³-hybridized carbons (Fsp3) is 0.458. The first kappa shape index (κ1) is 23.1. The zero-order valence-electron chi connectivity index (χ0n) is 17.7. The molecule has 0 unspecified atom stereocenters. The molecule has 0 bridgehead atoms. The van der Waals surface area contributed by atoms with Crippen LogP contribution in [0.4, 0.5) is 0 Å². The summed E-state index contributed by atoms with van der Waals surface area (Å²) in [7, 11) is 0. The number of benzene rings is 2. The maximum atomic E-state index is 10.9. The van der Waals surface area contributed by atoms with Crippen molar-refractivity contribution < 1.29 is 14.3 Å². The quantitative estimate of drug-likeness (QED) is 0.547. The first-order valence-corrected chi connectivity index (χ1v) is 10.4. The Morgan fingerprint density at radius 1 is 1.00 bits per heavy atom. The smallest absolute Gasteiger partial charge is 0.332 e. The average molecular weight is 399 g/mol. The van der Waals surface area contributed by atoms with Gasteiger partial charge in [-0.05, 0) is 31.4 Å². The van der Waals surface area contributed by atoms with Gasteiger partial charge in [0.05, 0.1) is 13.2 Å². The largest absolute Gasteiger partial charge is 0.464 e. The first-order chi connectivity index (χ1) is 14.2. The SMILES string of the molecule is CCOC(=O)COCCN1CCNCC1.Cc1ccc(Cc2ccccc2)cc1. The van der Waals surface area contributed by atoms with Crippen molar-refractivity contribution in [2.75, 3.05) is 52.5 Å². The summed E-state index contributed by atoms with van der Waals surface area (Å²) in [6, 6.07) is 19.3. The minimum absolute atomic E-state index is 0.0694. The summed E-state index contributed by atoms with van der Waals surface area (Å²) < 4.78 is 9.96. The monoisotopic (exact) mass is 398 g/mol. The van der Waals surface area contributed by atoms with E-state index < -0.39 is 0 Å². The molecule has 3 rings (SSSR count). The molecule has 0 aromatic heterocycles. The third-order valence-corrected chi connectivity index (χ3v) is 4.66. The van der Waals surface area contributed by atoms with Crippen LogP contribution < -0.4 is 5.32 Å². The Hall–Kier alpha value is -2.21. The van der Waals surface area contributed by atoms with E-state index in [0.29, 0.717) is 13.2 Å². The molecular formula is C24H34N2O3. The van der Waals surface area contributed by atoms with Crippen LogP contribution in [-0.4, -0.2) is 63.4 Å². The predicted octanol–water partition coefficient (Wildman–Crippen LogP) is 3.06. The van der Waals surface area contributed by atoms with Crippen molar-refractivity contribution in [3.05, 3.63) is 71.3 Å². The van der Waals surface area contributed by atoms with Crippen molar-refractivity contribution in [1.29, 1.82) is 0 Å². The third kappa shape index (κ3) is 10.2. The van der Waals surface area contributed by atoms with E-state index in [1.165, 1.54) is 16.7 Å². The van der Waals surface area contributed by atoms with Crippen LogP contribution in [0.2, 0.25) is 0 Å². The maximum Gasteiger partial charge on any atom is 0.332 e. The van der Waals surface area contributed by atoms with E-state index in [1.807, 2.05) is 0 Å². The predicted molar refractivity (Wildman–Crippen MR) is 117 cm³/mol. The molecule has 1 aliphatic rings. The molecule has 1 aliphatic heterocycles. The topological polar surface area (TPSA) is 50.8 Å². The van der Waals surface area contributed by atoms with E-state index in [1.54, 1.807) is 6.92 Å². The van der Waals surface area contributed by atoms with Gasteiger partial charge in [0.2, 0.25) is 0 Å². The second-order valence-electron chi connectivity index (χ2n) is 7.10. The Morgan fingerprint density at radius 2 is 1.66 bits per heavy atom. The van der Waals surface area contributed by atoms with Gasteiger partial charge in [0.15, 0.2) is 0 Å². The summed E-state index contributed by atoms with van der Waals surface area (Å²) in [4.78, 5) is 13.2. The minimum Gasteiger partial charge on any atom is -0.464 e. The van der Waals surface area contributed by atoms with Gasteiger partial charge < -0.3 is 14.8 Å². The van der Waals surface area contributed by atoms with Crippen LogP contribution in [0.3, 0.4) is 0 Å². The molecule has 0 radical (unpaired) electrons. The van der Waals surface area contributed by atoms with Gasteiger partial charge in [0, 0.05) is 32.7 Å². The molecular weight excluding hydrogens is 364 g/mol. The van der Waals surface area contributed by atoms with Crippen molar-refractivity contribution in [2.45, 2.75) is 20.3 Å². The number of rotatable bonds is 8. The van der Waals surface area contributed by atoms with Crippen LogP contribution in [0.25, 0.3) is 0 Å². The summed E-state index contributed by atoms with van der Waals surface area (Å²) in [6.45, 7) is 10.1. The van der Waals surface area contributed by atoms with E-state index in [0.717, 1.165) is 39.1 Å². The van der Waals surface area contributed by atoms with Crippen LogP contribution in [0.5, 0.6) is 0 Å². The van der Waals surface area contributed by atoms with Gasteiger partial charge >= 0.3 is 5.97 Å². The van der Waals surface area contributed by atoms with E-state index in [4.69, 9.17) is 9.47 Å². The van der Waals surface area contributed by atoms with Gasteiger partial charge in [-0.15, -0.1) is 0 Å². The number of carbonyl (C=O) groups excluding carboxylic acids is 1. The molecule has 2 aromatic carbocycles. The molecule has 1 fully saturated rings. The average Bonchev–Trinajstić information content (AvgIpc) is 2.75. The van der Waals surface area contributed by atoms with Crippen molar-refractivity contribution in [3.63, 3.8) is 0 Å². The number of aryl methyl sites for hydroxylation is 1. The van der Waals surface area contributed by atoms with Gasteiger partial charge in [-0.2, -0.15) is 0 Å². The summed E-state index contributed by atoms with van der Waals surface area (Å²) >= 11 is 0. The number of nitrogens with one attached hydrogen (secondary N) is 1. The Morgan fingerprint density at radius 3 is 2.31 bits per heavy atom. The Labute approximate surface area is 175 Å². The fourth-order valence-electron chi connectivity index (χ4n) is 3.02.